The second kappa shape index (κ2) is 5.78. The maximum atomic E-state index is 11.7. The van der Waals surface area contributed by atoms with Gasteiger partial charge in [-0.15, -0.1) is 11.3 Å². The van der Waals surface area contributed by atoms with Crippen LogP contribution in [-0.4, -0.2) is 20.4 Å². The SMILES string of the molecule is CNS(=O)(=O)c1ccc(NC(C)c2nccs2)cc1N. The number of nitrogens with zero attached hydrogens (tertiary/aromatic N) is 1. The molecule has 1 unspecified atom stereocenters. The molecule has 0 bridgehead atoms. The maximum absolute atomic E-state index is 11.7. The average Bonchev–Trinajstić information content (AvgIpc) is 2.92. The zero-order valence-corrected chi connectivity index (χ0v) is 12.8. The molecule has 20 heavy (non-hydrogen) atoms. The highest BCUT2D eigenvalue weighted by Crippen LogP contribution is 2.26. The van der Waals surface area contributed by atoms with Gasteiger partial charge in [0.05, 0.1) is 11.7 Å². The van der Waals surface area contributed by atoms with E-state index in [9.17, 15) is 8.42 Å². The molecule has 1 atom stereocenters. The van der Waals surface area contributed by atoms with E-state index in [2.05, 4.69) is 15.0 Å². The van der Waals surface area contributed by atoms with Crippen LogP contribution in [0.4, 0.5) is 11.4 Å². The summed E-state index contributed by atoms with van der Waals surface area (Å²) in [6.07, 6.45) is 1.75. The quantitative estimate of drug-likeness (QED) is 0.732. The number of hydrogen-bond donors (Lipinski definition) is 3. The van der Waals surface area contributed by atoms with E-state index in [0.29, 0.717) is 0 Å². The summed E-state index contributed by atoms with van der Waals surface area (Å²) >= 11 is 1.55. The fraction of sp³-hybridized carbons (Fsp3) is 0.250. The second-order valence-corrected chi connectivity index (χ2v) is 6.98. The van der Waals surface area contributed by atoms with Crippen LogP contribution >= 0.6 is 11.3 Å². The minimum Gasteiger partial charge on any atom is -0.398 e. The highest BCUT2D eigenvalue weighted by Gasteiger charge is 2.16. The number of benzene rings is 1. The minimum atomic E-state index is -3.53. The van der Waals surface area contributed by atoms with Crippen LogP contribution in [0.15, 0.2) is 34.7 Å². The summed E-state index contributed by atoms with van der Waals surface area (Å²) in [6.45, 7) is 1.98. The molecule has 0 saturated carbocycles. The predicted octanol–water partition coefficient (Wildman–Crippen LogP) is 1.81. The molecule has 0 aliphatic rings. The number of rotatable bonds is 5. The van der Waals surface area contributed by atoms with Crippen LogP contribution in [0.1, 0.15) is 18.0 Å². The number of nitrogens with one attached hydrogen (secondary N) is 2. The summed E-state index contributed by atoms with van der Waals surface area (Å²) in [6, 6.07) is 4.80. The van der Waals surface area contributed by atoms with Crippen molar-refractivity contribution in [3.63, 3.8) is 0 Å². The Morgan fingerprint density at radius 3 is 2.70 bits per heavy atom. The number of thiazole rings is 1. The van der Waals surface area contributed by atoms with Gasteiger partial charge in [0, 0.05) is 17.3 Å². The Bertz CT molecular complexity index is 683. The molecule has 0 aliphatic carbocycles. The molecule has 0 saturated heterocycles. The molecule has 0 radical (unpaired) electrons. The van der Waals surface area contributed by atoms with Crippen molar-refractivity contribution in [2.45, 2.75) is 17.9 Å². The molecular formula is C12H16N4O2S2. The van der Waals surface area contributed by atoms with E-state index in [1.165, 1.54) is 13.1 Å². The van der Waals surface area contributed by atoms with Crippen molar-refractivity contribution >= 4 is 32.7 Å². The maximum Gasteiger partial charge on any atom is 0.242 e. The third-order valence-corrected chi connectivity index (χ3v) is 5.22. The Labute approximate surface area is 122 Å². The molecule has 2 rings (SSSR count). The van der Waals surface area contributed by atoms with Crippen LogP contribution < -0.4 is 15.8 Å². The van der Waals surface area contributed by atoms with E-state index in [0.717, 1.165) is 10.7 Å². The standard InChI is InChI=1S/C12H16N4O2S2/c1-8(12-15-5-6-19-12)16-9-3-4-11(10(13)7-9)20(17,18)14-2/h3-8,14,16H,13H2,1-2H3. The minimum absolute atomic E-state index is 0.0288. The number of nitrogens with two attached hydrogens (primary N) is 1. The van der Waals surface area contributed by atoms with E-state index in [1.54, 1.807) is 29.7 Å². The number of anilines is 2. The smallest absolute Gasteiger partial charge is 0.242 e. The second-order valence-electron chi connectivity index (χ2n) is 4.20. The van der Waals surface area contributed by atoms with Gasteiger partial charge in [-0.05, 0) is 32.2 Å². The van der Waals surface area contributed by atoms with E-state index >= 15 is 0 Å². The van der Waals surface area contributed by atoms with Crippen LogP contribution in [0.2, 0.25) is 0 Å². The summed E-state index contributed by atoms with van der Waals surface area (Å²) in [4.78, 5) is 4.30. The third-order valence-electron chi connectivity index (χ3n) is 2.77. The number of hydrogen-bond acceptors (Lipinski definition) is 6. The normalized spacial score (nSPS) is 13.1. The van der Waals surface area contributed by atoms with Gasteiger partial charge in [0.1, 0.15) is 9.90 Å². The summed E-state index contributed by atoms with van der Waals surface area (Å²) in [5, 5.41) is 6.10. The molecule has 4 N–H and O–H groups in total. The first-order valence-electron chi connectivity index (χ1n) is 5.93. The van der Waals surface area contributed by atoms with Crippen LogP contribution in [0.3, 0.4) is 0 Å². The third kappa shape index (κ3) is 3.09. The van der Waals surface area contributed by atoms with Gasteiger partial charge in [-0.25, -0.2) is 18.1 Å². The summed E-state index contributed by atoms with van der Waals surface area (Å²) in [7, 11) is -2.18. The molecule has 6 nitrogen and oxygen atoms in total. The van der Waals surface area contributed by atoms with Crippen molar-refractivity contribution in [2.75, 3.05) is 18.1 Å². The fourth-order valence-electron chi connectivity index (χ4n) is 1.75. The van der Waals surface area contributed by atoms with Gasteiger partial charge in [-0.2, -0.15) is 0 Å². The lowest BCUT2D eigenvalue weighted by molar-refractivity contribution is 0.588. The molecule has 8 heteroatoms. The number of nitrogen functional groups attached to an aromatic ring is 1. The largest absolute Gasteiger partial charge is 0.398 e. The average molecular weight is 312 g/mol. The lowest BCUT2D eigenvalue weighted by atomic mass is 10.2. The Hall–Kier alpha value is -1.64. The van der Waals surface area contributed by atoms with Crippen molar-refractivity contribution in [1.29, 1.82) is 0 Å². The highest BCUT2D eigenvalue weighted by atomic mass is 32.2. The van der Waals surface area contributed by atoms with Crippen LogP contribution in [-0.2, 0) is 10.0 Å². The van der Waals surface area contributed by atoms with Crippen molar-refractivity contribution < 1.29 is 8.42 Å². The zero-order valence-electron chi connectivity index (χ0n) is 11.1. The van der Waals surface area contributed by atoms with Gasteiger partial charge in [0.15, 0.2) is 0 Å². The molecule has 0 fully saturated rings. The topological polar surface area (TPSA) is 97.1 Å². The van der Waals surface area contributed by atoms with Crippen molar-refractivity contribution in [3.05, 3.63) is 34.8 Å². The van der Waals surface area contributed by atoms with Crippen molar-refractivity contribution in [2.24, 2.45) is 0 Å². The van der Waals surface area contributed by atoms with E-state index in [4.69, 9.17) is 5.73 Å². The molecule has 2 aromatic rings. The van der Waals surface area contributed by atoms with Gasteiger partial charge in [-0.3, -0.25) is 0 Å². The lowest BCUT2D eigenvalue weighted by Gasteiger charge is -2.14. The summed E-state index contributed by atoms with van der Waals surface area (Å²) in [5.74, 6) is 0. The van der Waals surface area contributed by atoms with E-state index < -0.39 is 10.0 Å². The first-order chi connectivity index (χ1) is 9.44. The Morgan fingerprint density at radius 1 is 1.40 bits per heavy atom. The predicted molar refractivity (Wildman–Crippen MR) is 81.3 cm³/mol. The number of aromatic nitrogens is 1. The van der Waals surface area contributed by atoms with Crippen LogP contribution in [0, 0.1) is 0 Å². The molecular weight excluding hydrogens is 296 g/mol. The zero-order chi connectivity index (χ0) is 14.8. The molecule has 0 amide bonds. The number of sulfonamides is 1. The van der Waals surface area contributed by atoms with Gasteiger partial charge >= 0.3 is 0 Å². The fourth-order valence-corrected chi connectivity index (χ4v) is 3.24. The van der Waals surface area contributed by atoms with Crippen molar-refractivity contribution in [1.82, 2.24) is 9.71 Å². The molecule has 0 spiro atoms. The lowest BCUT2D eigenvalue weighted by Crippen LogP contribution is -2.20. The summed E-state index contributed by atoms with van der Waals surface area (Å²) < 4.78 is 25.7. The van der Waals surface area contributed by atoms with E-state index in [1.807, 2.05) is 12.3 Å². The Morgan fingerprint density at radius 2 is 2.15 bits per heavy atom. The van der Waals surface area contributed by atoms with Crippen LogP contribution in [0.25, 0.3) is 0 Å². The molecule has 1 heterocycles. The molecule has 1 aromatic carbocycles. The van der Waals surface area contributed by atoms with Gasteiger partial charge in [0.2, 0.25) is 10.0 Å². The molecule has 1 aromatic heterocycles. The molecule has 0 aliphatic heterocycles. The van der Waals surface area contributed by atoms with Gasteiger partial charge in [0.25, 0.3) is 0 Å². The van der Waals surface area contributed by atoms with Gasteiger partial charge in [-0.1, -0.05) is 0 Å². The Kier molecular flexibility index (Phi) is 4.26. The highest BCUT2D eigenvalue weighted by molar-refractivity contribution is 7.89. The monoisotopic (exact) mass is 312 g/mol. The van der Waals surface area contributed by atoms with Gasteiger partial charge < -0.3 is 11.1 Å². The first-order valence-corrected chi connectivity index (χ1v) is 8.29. The van der Waals surface area contributed by atoms with Crippen molar-refractivity contribution in [3.8, 4) is 0 Å². The molecule has 108 valence electrons. The van der Waals surface area contributed by atoms with E-state index in [-0.39, 0.29) is 16.6 Å². The van der Waals surface area contributed by atoms with Crippen LogP contribution in [0.5, 0.6) is 0 Å². The summed E-state index contributed by atoms with van der Waals surface area (Å²) in [5.41, 5.74) is 6.76. The first kappa shape index (κ1) is 14.8. The Balaban J connectivity index is 2.22.